The van der Waals surface area contributed by atoms with Gasteiger partial charge in [0.25, 0.3) is 0 Å². The van der Waals surface area contributed by atoms with E-state index in [-0.39, 0.29) is 23.1 Å². The zero-order valence-electron chi connectivity index (χ0n) is 13.3. The van der Waals surface area contributed by atoms with Gasteiger partial charge in [-0.05, 0) is 31.5 Å². The third-order valence-electron chi connectivity index (χ3n) is 3.82. The van der Waals surface area contributed by atoms with E-state index in [0.29, 0.717) is 0 Å². The number of amides is 1. The maximum Gasteiger partial charge on any atom is 0.230 e. The Morgan fingerprint density at radius 3 is 2.04 bits per heavy atom. The largest absolute Gasteiger partial charge is 0.354 e. The summed E-state index contributed by atoms with van der Waals surface area (Å²) in [5.74, 6) is -0.305. The van der Waals surface area contributed by atoms with Crippen LogP contribution in [0.3, 0.4) is 0 Å². The van der Waals surface area contributed by atoms with E-state index >= 15 is 0 Å². The highest BCUT2D eigenvalue weighted by Gasteiger charge is 2.29. The summed E-state index contributed by atoms with van der Waals surface area (Å²) in [6, 6.07) is 17.7. The Balaban J connectivity index is 1.97. The maximum atomic E-state index is 12.4. The summed E-state index contributed by atoms with van der Waals surface area (Å²) < 4.78 is 24.4. The van der Waals surface area contributed by atoms with Crippen LogP contribution in [0.5, 0.6) is 0 Å². The molecule has 0 bridgehead atoms. The molecule has 0 spiro atoms. The second kappa shape index (κ2) is 6.96. The maximum absolute atomic E-state index is 12.4. The predicted molar refractivity (Wildman–Crippen MR) is 91.0 cm³/mol. The van der Waals surface area contributed by atoms with Crippen LogP contribution < -0.4 is 5.32 Å². The van der Waals surface area contributed by atoms with Crippen LogP contribution in [-0.2, 0) is 20.0 Å². The van der Waals surface area contributed by atoms with Gasteiger partial charge < -0.3 is 5.32 Å². The molecule has 0 aliphatic heterocycles. The molecule has 0 saturated carbocycles. The number of rotatable bonds is 6. The quantitative estimate of drug-likeness (QED) is 0.885. The lowest BCUT2D eigenvalue weighted by Gasteiger charge is -2.24. The van der Waals surface area contributed by atoms with E-state index in [1.54, 1.807) is 30.3 Å². The minimum absolute atomic E-state index is 0.0896. The lowest BCUT2D eigenvalue weighted by atomic mass is 9.84. The van der Waals surface area contributed by atoms with E-state index in [0.717, 1.165) is 5.56 Å². The normalized spacial score (nSPS) is 11.9. The van der Waals surface area contributed by atoms with Gasteiger partial charge in [-0.1, -0.05) is 48.5 Å². The molecule has 2 aromatic carbocycles. The van der Waals surface area contributed by atoms with Crippen LogP contribution >= 0.6 is 0 Å². The van der Waals surface area contributed by atoms with Crippen molar-refractivity contribution < 1.29 is 13.2 Å². The van der Waals surface area contributed by atoms with Crippen LogP contribution in [-0.4, -0.2) is 26.6 Å². The Hall–Kier alpha value is -2.14. The van der Waals surface area contributed by atoms with E-state index in [2.05, 4.69) is 5.32 Å². The van der Waals surface area contributed by atoms with Crippen molar-refractivity contribution >= 4 is 15.7 Å². The van der Waals surface area contributed by atoms with E-state index < -0.39 is 15.3 Å². The molecule has 0 saturated heterocycles. The fourth-order valence-corrected chi connectivity index (χ4v) is 3.43. The first-order valence-electron chi connectivity index (χ1n) is 7.46. The van der Waals surface area contributed by atoms with Crippen LogP contribution in [0.1, 0.15) is 19.4 Å². The third-order valence-corrected chi connectivity index (χ3v) is 5.55. The summed E-state index contributed by atoms with van der Waals surface area (Å²) in [6.07, 6.45) is 0. The highest BCUT2D eigenvalue weighted by Crippen LogP contribution is 2.22. The average Bonchev–Trinajstić information content (AvgIpc) is 2.56. The molecule has 0 radical (unpaired) electrons. The van der Waals surface area contributed by atoms with Gasteiger partial charge >= 0.3 is 0 Å². The molecule has 0 heterocycles. The molecular formula is C18H21NO3S. The summed E-state index contributed by atoms with van der Waals surface area (Å²) in [6.45, 7) is 3.74. The van der Waals surface area contributed by atoms with Crippen LogP contribution in [0.4, 0.5) is 0 Å². The Bertz CT molecular complexity index is 753. The Kier molecular flexibility index (Phi) is 5.21. The van der Waals surface area contributed by atoms with Gasteiger partial charge in [0.05, 0.1) is 16.1 Å². The molecular weight excluding hydrogens is 310 g/mol. The van der Waals surface area contributed by atoms with Crippen LogP contribution in [0.25, 0.3) is 0 Å². The molecule has 1 amide bonds. The topological polar surface area (TPSA) is 63.2 Å². The molecule has 1 N–H and O–H groups in total. The van der Waals surface area contributed by atoms with Crippen molar-refractivity contribution in [2.45, 2.75) is 24.2 Å². The molecule has 0 aliphatic carbocycles. The number of benzene rings is 2. The van der Waals surface area contributed by atoms with Crippen LogP contribution in [0, 0.1) is 0 Å². The summed E-state index contributed by atoms with van der Waals surface area (Å²) in [5.41, 5.74) is 0.182. The molecule has 2 aromatic rings. The predicted octanol–water partition coefficient (Wildman–Crippen LogP) is 2.55. The van der Waals surface area contributed by atoms with Gasteiger partial charge in [0, 0.05) is 6.54 Å². The molecule has 0 aromatic heterocycles. The molecule has 23 heavy (non-hydrogen) atoms. The van der Waals surface area contributed by atoms with Gasteiger partial charge in [-0.15, -0.1) is 0 Å². The molecule has 0 atom stereocenters. The van der Waals surface area contributed by atoms with Crippen molar-refractivity contribution in [3.63, 3.8) is 0 Å². The summed E-state index contributed by atoms with van der Waals surface area (Å²) >= 11 is 0. The molecule has 0 fully saturated rings. The number of hydrogen-bond acceptors (Lipinski definition) is 3. The Labute approximate surface area is 137 Å². The number of sulfone groups is 1. The van der Waals surface area contributed by atoms with Gasteiger partial charge in [-0.25, -0.2) is 8.42 Å². The van der Waals surface area contributed by atoms with Crippen LogP contribution in [0.2, 0.25) is 0 Å². The van der Waals surface area contributed by atoms with E-state index in [1.165, 1.54) is 0 Å². The highest BCUT2D eigenvalue weighted by atomic mass is 32.2. The highest BCUT2D eigenvalue weighted by molar-refractivity contribution is 7.91. The molecule has 5 heteroatoms. The third kappa shape index (κ3) is 4.20. The fourth-order valence-electron chi connectivity index (χ4n) is 2.25. The second-order valence-corrected chi connectivity index (χ2v) is 7.99. The lowest BCUT2D eigenvalue weighted by molar-refractivity contribution is -0.125. The summed E-state index contributed by atoms with van der Waals surface area (Å²) in [7, 11) is -3.38. The van der Waals surface area contributed by atoms with E-state index in [4.69, 9.17) is 0 Å². The number of carbonyl (C=O) groups excluding carboxylic acids is 1. The van der Waals surface area contributed by atoms with Crippen molar-refractivity contribution in [1.82, 2.24) is 5.32 Å². The minimum atomic E-state index is -3.38. The minimum Gasteiger partial charge on any atom is -0.354 e. The number of carbonyl (C=O) groups is 1. The van der Waals surface area contributed by atoms with Gasteiger partial charge in [0.1, 0.15) is 0 Å². The van der Waals surface area contributed by atoms with E-state index in [1.807, 2.05) is 44.2 Å². The van der Waals surface area contributed by atoms with Crippen molar-refractivity contribution in [3.8, 4) is 0 Å². The average molecular weight is 331 g/mol. The van der Waals surface area contributed by atoms with Crippen molar-refractivity contribution in [1.29, 1.82) is 0 Å². The molecule has 4 nitrogen and oxygen atoms in total. The van der Waals surface area contributed by atoms with Gasteiger partial charge in [-0.3, -0.25) is 4.79 Å². The first kappa shape index (κ1) is 17.2. The first-order valence-corrected chi connectivity index (χ1v) is 9.11. The Morgan fingerprint density at radius 2 is 1.48 bits per heavy atom. The monoisotopic (exact) mass is 331 g/mol. The zero-order chi connectivity index (χ0) is 16.9. The standard InChI is InChI=1S/C18H21NO3S/c1-18(2,15-9-5-3-6-10-15)17(20)19-13-14-23(21,22)16-11-7-4-8-12-16/h3-12H,13-14H2,1-2H3,(H,19,20). The molecule has 0 aliphatic rings. The second-order valence-electron chi connectivity index (χ2n) is 5.88. The van der Waals surface area contributed by atoms with Crippen molar-refractivity contribution in [3.05, 3.63) is 66.2 Å². The summed E-state index contributed by atoms with van der Waals surface area (Å²) in [5, 5.41) is 2.73. The molecule has 0 unspecified atom stereocenters. The lowest BCUT2D eigenvalue weighted by Crippen LogP contribution is -2.41. The van der Waals surface area contributed by atoms with Gasteiger partial charge in [0.15, 0.2) is 9.84 Å². The number of hydrogen-bond donors (Lipinski definition) is 1. The van der Waals surface area contributed by atoms with Gasteiger partial charge in [-0.2, -0.15) is 0 Å². The Morgan fingerprint density at radius 1 is 0.957 bits per heavy atom. The zero-order valence-corrected chi connectivity index (χ0v) is 14.1. The SMILES string of the molecule is CC(C)(C(=O)NCCS(=O)(=O)c1ccccc1)c1ccccc1. The van der Waals surface area contributed by atoms with Gasteiger partial charge in [0.2, 0.25) is 5.91 Å². The molecule has 122 valence electrons. The van der Waals surface area contributed by atoms with Crippen LogP contribution in [0.15, 0.2) is 65.6 Å². The van der Waals surface area contributed by atoms with Crippen molar-refractivity contribution in [2.24, 2.45) is 0 Å². The molecule has 2 rings (SSSR count). The first-order chi connectivity index (χ1) is 10.8. The number of nitrogens with one attached hydrogen (secondary N) is 1. The van der Waals surface area contributed by atoms with E-state index in [9.17, 15) is 13.2 Å². The smallest absolute Gasteiger partial charge is 0.230 e. The summed E-state index contributed by atoms with van der Waals surface area (Å²) in [4.78, 5) is 12.7. The van der Waals surface area contributed by atoms with Crippen molar-refractivity contribution in [2.75, 3.05) is 12.3 Å². The fraction of sp³-hybridized carbons (Fsp3) is 0.278.